The molecule has 0 aliphatic heterocycles. The van der Waals surface area contributed by atoms with Crippen LogP contribution in [0.5, 0.6) is 0 Å². The number of allylic oxidation sites excluding steroid dienone is 1. The number of Topliss-reactive ketones (excluding diaryl/α,β-unsaturated/α-hetero) is 1. The fraction of sp³-hybridized carbons (Fsp3) is 0.375. The first kappa shape index (κ1) is 9.64. The topological polar surface area (TPSA) is 57.5 Å². The van der Waals surface area contributed by atoms with E-state index >= 15 is 0 Å². The Morgan fingerprint density at radius 2 is 2.00 bits per heavy atom. The first-order valence-corrected chi connectivity index (χ1v) is 4.31. The van der Waals surface area contributed by atoms with Crippen LogP contribution in [0.1, 0.15) is 6.92 Å². The summed E-state index contributed by atoms with van der Waals surface area (Å²) in [6.45, 7) is 1.77. The zero-order valence-electron chi connectivity index (χ0n) is 6.49. The summed E-state index contributed by atoms with van der Waals surface area (Å²) in [5, 5.41) is 18.4. The van der Waals surface area contributed by atoms with Gasteiger partial charge >= 0.3 is 0 Å². The van der Waals surface area contributed by atoms with E-state index in [9.17, 15) is 9.90 Å². The SMILES string of the molecule is C/C=C/C1=C(Br)C(=O)[C@@H](O)[C@@H]1O. The second-order valence-electron chi connectivity index (χ2n) is 2.52. The van der Waals surface area contributed by atoms with Crippen molar-refractivity contribution < 1.29 is 15.0 Å². The van der Waals surface area contributed by atoms with Crippen molar-refractivity contribution in [3.63, 3.8) is 0 Å². The van der Waals surface area contributed by atoms with E-state index in [1.54, 1.807) is 19.1 Å². The van der Waals surface area contributed by atoms with Gasteiger partial charge in [-0.3, -0.25) is 4.79 Å². The molecule has 0 saturated heterocycles. The molecule has 0 amide bonds. The lowest BCUT2D eigenvalue weighted by atomic mass is 10.1. The summed E-state index contributed by atoms with van der Waals surface area (Å²) in [5.74, 6) is -0.462. The maximum Gasteiger partial charge on any atom is 0.201 e. The Morgan fingerprint density at radius 3 is 2.33 bits per heavy atom. The summed E-state index contributed by atoms with van der Waals surface area (Å²) in [6.07, 6.45) is 0.891. The molecule has 0 saturated carbocycles. The monoisotopic (exact) mass is 232 g/mol. The highest BCUT2D eigenvalue weighted by atomic mass is 79.9. The van der Waals surface area contributed by atoms with E-state index in [1.165, 1.54) is 0 Å². The Balaban J connectivity index is 3.04. The van der Waals surface area contributed by atoms with E-state index < -0.39 is 18.0 Å². The quantitative estimate of drug-likeness (QED) is 0.694. The molecule has 3 nitrogen and oxygen atoms in total. The Bertz CT molecular complexity index is 267. The van der Waals surface area contributed by atoms with Crippen LogP contribution in [0.15, 0.2) is 22.2 Å². The van der Waals surface area contributed by atoms with Crippen LogP contribution in [0.3, 0.4) is 0 Å². The normalized spacial score (nSPS) is 30.8. The fourth-order valence-corrected chi connectivity index (χ4v) is 1.67. The third-order valence-electron chi connectivity index (χ3n) is 1.70. The maximum atomic E-state index is 11.1. The van der Waals surface area contributed by atoms with Crippen molar-refractivity contribution in [3.8, 4) is 0 Å². The molecule has 0 unspecified atom stereocenters. The molecule has 4 heteroatoms. The summed E-state index contributed by atoms with van der Waals surface area (Å²) >= 11 is 3.01. The van der Waals surface area contributed by atoms with Gasteiger partial charge < -0.3 is 10.2 Å². The number of halogens is 1. The minimum atomic E-state index is -1.31. The van der Waals surface area contributed by atoms with Gasteiger partial charge in [-0.05, 0) is 22.9 Å². The van der Waals surface area contributed by atoms with Crippen molar-refractivity contribution in [2.75, 3.05) is 0 Å². The number of ketones is 1. The molecule has 1 aliphatic carbocycles. The lowest BCUT2D eigenvalue weighted by Gasteiger charge is -2.06. The lowest BCUT2D eigenvalue weighted by Crippen LogP contribution is -2.27. The van der Waals surface area contributed by atoms with Crippen LogP contribution in [0.25, 0.3) is 0 Å². The molecule has 1 rings (SSSR count). The molecule has 0 spiro atoms. The molecule has 2 N–H and O–H groups in total. The largest absolute Gasteiger partial charge is 0.385 e. The number of carbonyl (C=O) groups excluding carboxylic acids is 1. The highest BCUT2D eigenvalue weighted by Gasteiger charge is 2.37. The zero-order valence-corrected chi connectivity index (χ0v) is 8.08. The molecule has 0 radical (unpaired) electrons. The van der Waals surface area contributed by atoms with Gasteiger partial charge in [-0.2, -0.15) is 0 Å². The van der Waals surface area contributed by atoms with E-state index in [2.05, 4.69) is 15.9 Å². The number of rotatable bonds is 1. The molecule has 0 fully saturated rings. The Morgan fingerprint density at radius 1 is 1.42 bits per heavy atom. The lowest BCUT2D eigenvalue weighted by molar-refractivity contribution is -0.124. The van der Waals surface area contributed by atoms with Gasteiger partial charge in [0.1, 0.15) is 12.2 Å². The van der Waals surface area contributed by atoms with Gasteiger partial charge in [0.15, 0.2) is 0 Å². The average Bonchev–Trinajstić information content (AvgIpc) is 2.23. The van der Waals surface area contributed by atoms with Crippen LogP contribution < -0.4 is 0 Å². The van der Waals surface area contributed by atoms with Crippen LogP contribution in [-0.4, -0.2) is 28.2 Å². The van der Waals surface area contributed by atoms with Gasteiger partial charge in [0, 0.05) is 5.57 Å². The summed E-state index contributed by atoms with van der Waals surface area (Å²) < 4.78 is 0.264. The Kier molecular flexibility index (Phi) is 2.82. The molecule has 0 aromatic heterocycles. The minimum absolute atomic E-state index is 0.264. The van der Waals surface area contributed by atoms with Crippen molar-refractivity contribution in [1.29, 1.82) is 0 Å². The van der Waals surface area contributed by atoms with Gasteiger partial charge in [-0.1, -0.05) is 12.2 Å². The van der Waals surface area contributed by atoms with Crippen molar-refractivity contribution in [3.05, 3.63) is 22.2 Å². The molecular weight excluding hydrogens is 224 g/mol. The van der Waals surface area contributed by atoms with E-state index in [0.29, 0.717) is 5.57 Å². The van der Waals surface area contributed by atoms with Gasteiger partial charge in [-0.25, -0.2) is 0 Å². The second-order valence-corrected chi connectivity index (χ2v) is 3.32. The summed E-state index contributed by atoms with van der Waals surface area (Å²) in [7, 11) is 0. The number of aliphatic hydroxyl groups excluding tert-OH is 2. The summed E-state index contributed by atoms with van der Waals surface area (Å²) in [4.78, 5) is 11.1. The van der Waals surface area contributed by atoms with Crippen molar-refractivity contribution in [2.24, 2.45) is 0 Å². The highest BCUT2D eigenvalue weighted by molar-refractivity contribution is 9.12. The first-order valence-electron chi connectivity index (χ1n) is 3.52. The van der Waals surface area contributed by atoms with Gasteiger partial charge in [0.2, 0.25) is 5.78 Å². The minimum Gasteiger partial charge on any atom is -0.385 e. The molecular formula is C8H9BrO3. The number of hydrogen-bond donors (Lipinski definition) is 2. The molecule has 12 heavy (non-hydrogen) atoms. The Labute approximate surface area is 78.5 Å². The third-order valence-corrected chi connectivity index (χ3v) is 2.55. The van der Waals surface area contributed by atoms with Gasteiger partial charge in [0.05, 0.1) is 4.48 Å². The second kappa shape index (κ2) is 3.51. The van der Waals surface area contributed by atoms with Crippen LogP contribution in [-0.2, 0) is 4.79 Å². The Hall–Kier alpha value is -0.450. The van der Waals surface area contributed by atoms with Crippen LogP contribution >= 0.6 is 15.9 Å². The molecule has 66 valence electrons. The summed E-state index contributed by atoms with van der Waals surface area (Å²) in [6, 6.07) is 0. The van der Waals surface area contributed by atoms with Gasteiger partial charge in [-0.15, -0.1) is 0 Å². The molecule has 0 aromatic carbocycles. The summed E-state index contributed by atoms with van der Waals surface area (Å²) in [5.41, 5.74) is 0.440. The smallest absolute Gasteiger partial charge is 0.201 e. The maximum absolute atomic E-state index is 11.1. The van der Waals surface area contributed by atoms with Crippen LogP contribution in [0, 0.1) is 0 Å². The predicted molar refractivity (Wildman–Crippen MR) is 47.8 cm³/mol. The number of aliphatic hydroxyl groups is 2. The third kappa shape index (κ3) is 1.37. The van der Waals surface area contributed by atoms with E-state index in [-0.39, 0.29) is 4.48 Å². The number of carbonyl (C=O) groups is 1. The van der Waals surface area contributed by atoms with Crippen molar-refractivity contribution in [2.45, 2.75) is 19.1 Å². The van der Waals surface area contributed by atoms with Gasteiger partial charge in [0.25, 0.3) is 0 Å². The first-order chi connectivity index (χ1) is 5.59. The molecule has 0 bridgehead atoms. The molecule has 0 heterocycles. The zero-order chi connectivity index (χ0) is 9.30. The molecule has 1 aliphatic rings. The van der Waals surface area contributed by atoms with Crippen molar-refractivity contribution >= 4 is 21.7 Å². The molecule has 2 atom stereocenters. The van der Waals surface area contributed by atoms with Crippen molar-refractivity contribution in [1.82, 2.24) is 0 Å². The van der Waals surface area contributed by atoms with Crippen LogP contribution in [0.2, 0.25) is 0 Å². The highest BCUT2D eigenvalue weighted by Crippen LogP contribution is 2.28. The number of hydrogen-bond acceptors (Lipinski definition) is 3. The average molecular weight is 233 g/mol. The predicted octanol–water partition coefficient (Wildman–Crippen LogP) is 0.516. The van der Waals surface area contributed by atoms with Crippen LogP contribution in [0.4, 0.5) is 0 Å². The standard InChI is InChI=1S/C8H9BrO3/c1-2-3-4-5(9)7(11)8(12)6(4)10/h2-3,6,8,10,12H,1H3/b3-2+/t6-,8+/m1/s1. The fourth-order valence-electron chi connectivity index (χ4n) is 1.07. The van der Waals surface area contributed by atoms with E-state index in [1.807, 2.05) is 0 Å². The molecule has 0 aromatic rings. The van der Waals surface area contributed by atoms with E-state index in [4.69, 9.17) is 5.11 Å². The van der Waals surface area contributed by atoms with E-state index in [0.717, 1.165) is 0 Å².